The molecule has 6 heteroatoms. The summed E-state index contributed by atoms with van der Waals surface area (Å²) in [6.45, 7) is 5.54. The minimum atomic E-state index is -0.134. The van der Waals surface area contributed by atoms with Gasteiger partial charge in [0.15, 0.2) is 0 Å². The average Bonchev–Trinajstić information content (AvgIpc) is 2.64. The van der Waals surface area contributed by atoms with Crippen molar-refractivity contribution in [3.63, 3.8) is 0 Å². The van der Waals surface area contributed by atoms with Gasteiger partial charge in [-0.25, -0.2) is 0 Å². The summed E-state index contributed by atoms with van der Waals surface area (Å²) in [4.78, 5) is 16.8. The average molecular weight is 390 g/mol. The Hall–Kier alpha value is -2.17. The van der Waals surface area contributed by atoms with Gasteiger partial charge in [-0.3, -0.25) is 4.79 Å². The number of halogens is 2. The van der Waals surface area contributed by atoms with Crippen molar-refractivity contribution in [2.75, 3.05) is 36.4 Å². The topological polar surface area (TPSA) is 35.6 Å². The quantitative estimate of drug-likeness (QED) is 0.772. The van der Waals surface area contributed by atoms with Crippen molar-refractivity contribution >= 4 is 40.5 Å². The number of amides is 1. The first-order valence-corrected chi connectivity index (χ1v) is 9.27. The molecule has 2 aromatic rings. The van der Waals surface area contributed by atoms with Crippen LogP contribution in [-0.2, 0) is 4.79 Å². The molecule has 136 valence electrons. The van der Waals surface area contributed by atoms with Crippen molar-refractivity contribution in [1.82, 2.24) is 4.90 Å². The maximum absolute atomic E-state index is 12.2. The van der Waals surface area contributed by atoms with Crippen molar-refractivity contribution in [1.29, 1.82) is 0 Å². The molecule has 1 saturated heterocycles. The highest BCUT2D eigenvalue weighted by Gasteiger charge is 2.17. The first-order valence-electron chi connectivity index (χ1n) is 8.51. The monoisotopic (exact) mass is 389 g/mol. The molecule has 0 saturated carbocycles. The van der Waals surface area contributed by atoms with E-state index < -0.39 is 0 Å². The van der Waals surface area contributed by atoms with E-state index in [0.29, 0.717) is 5.02 Å². The molecule has 1 aliphatic heterocycles. The fraction of sp³-hybridized carbons (Fsp3) is 0.250. The van der Waals surface area contributed by atoms with Gasteiger partial charge >= 0.3 is 0 Å². The van der Waals surface area contributed by atoms with Crippen LogP contribution in [0.1, 0.15) is 6.92 Å². The molecule has 1 N–H and O–H groups in total. The van der Waals surface area contributed by atoms with Gasteiger partial charge in [0.1, 0.15) is 0 Å². The highest BCUT2D eigenvalue weighted by atomic mass is 35.5. The molecular weight excluding hydrogens is 369 g/mol. The zero-order valence-corrected chi connectivity index (χ0v) is 16.1. The molecule has 4 nitrogen and oxygen atoms in total. The first-order chi connectivity index (χ1) is 12.5. The Morgan fingerprint density at radius 1 is 0.923 bits per heavy atom. The Kier molecular flexibility index (Phi) is 6.07. The lowest BCUT2D eigenvalue weighted by Crippen LogP contribution is -2.45. The van der Waals surface area contributed by atoms with Crippen LogP contribution in [0.25, 0.3) is 0 Å². The molecule has 1 fully saturated rings. The third-order valence-corrected chi connectivity index (χ3v) is 4.93. The second-order valence-corrected chi connectivity index (χ2v) is 7.11. The van der Waals surface area contributed by atoms with Crippen LogP contribution in [0.15, 0.2) is 60.3 Å². The predicted molar refractivity (Wildman–Crippen MR) is 109 cm³/mol. The number of carbonyl (C=O) groups is 1. The van der Waals surface area contributed by atoms with E-state index in [9.17, 15) is 4.79 Å². The smallest absolute Gasteiger partial charge is 0.250 e. The molecule has 2 aromatic carbocycles. The van der Waals surface area contributed by atoms with Gasteiger partial charge in [0.2, 0.25) is 5.91 Å². The molecule has 1 amide bonds. The van der Waals surface area contributed by atoms with Gasteiger partial charge in [0.25, 0.3) is 0 Å². The van der Waals surface area contributed by atoms with E-state index >= 15 is 0 Å². The minimum absolute atomic E-state index is 0.134. The first kappa shape index (κ1) is 18.6. The number of nitrogens with one attached hydrogen (secondary N) is 1. The zero-order valence-electron chi connectivity index (χ0n) is 14.6. The van der Waals surface area contributed by atoms with E-state index in [2.05, 4.69) is 15.1 Å². The van der Waals surface area contributed by atoms with E-state index in [4.69, 9.17) is 23.2 Å². The number of allylic oxidation sites excluding steroid dienone is 1. The predicted octanol–water partition coefficient (Wildman–Crippen LogP) is 4.66. The zero-order chi connectivity index (χ0) is 18.5. The van der Waals surface area contributed by atoms with Gasteiger partial charge < -0.3 is 15.1 Å². The van der Waals surface area contributed by atoms with Crippen LogP contribution in [0, 0.1) is 0 Å². The van der Waals surface area contributed by atoms with Crippen LogP contribution >= 0.6 is 23.2 Å². The summed E-state index contributed by atoms with van der Waals surface area (Å²) in [5.41, 5.74) is 2.87. The molecule has 0 aliphatic carbocycles. The van der Waals surface area contributed by atoms with Crippen molar-refractivity contribution in [3.05, 3.63) is 70.3 Å². The van der Waals surface area contributed by atoms with Crippen molar-refractivity contribution in [2.24, 2.45) is 0 Å². The van der Waals surface area contributed by atoms with Crippen LogP contribution in [0.3, 0.4) is 0 Å². The van der Waals surface area contributed by atoms with Crippen LogP contribution in [-0.4, -0.2) is 37.0 Å². The van der Waals surface area contributed by atoms with Gasteiger partial charge in [-0.1, -0.05) is 23.2 Å². The third kappa shape index (κ3) is 4.93. The summed E-state index contributed by atoms with van der Waals surface area (Å²) >= 11 is 11.8. The molecule has 0 unspecified atom stereocenters. The highest BCUT2D eigenvalue weighted by Crippen LogP contribution is 2.20. The molecule has 0 radical (unpaired) electrons. The number of nitrogens with zero attached hydrogens (tertiary/aromatic N) is 2. The van der Waals surface area contributed by atoms with E-state index in [1.165, 1.54) is 5.69 Å². The standard InChI is InChI=1S/C20H21Cl2N3O/c1-15(14-20(26)23-18-6-2-16(21)3-7-18)24-10-12-25(13-11-24)19-8-4-17(22)5-9-19/h2-9,14H,10-13H2,1H3,(H,23,26)/b15-14+. The van der Waals surface area contributed by atoms with Crippen LogP contribution in [0.5, 0.6) is 0 Å². The summed E-state index contributed by atoms with van der Waals surface area (Å²) in [5, 5.41) is 4.25. The Morgan fingerprint density at radius 3 is 2.04 bits per heavy atom. The number of hydrogen-bond acceptors (Lipinski definition) is 3. The number of piperazine rings is 1. The fourth-order valence-corrected chi connectivity index (χ4v) is 3.21. The van der Waals surface area contributed by atoms with E-state index in [-0.39, 0.29) is 5.91 Å². The van der Waals surface area contributed by atoms with E-state index in [1.807, 2.05) is 31.2 Å². The van der Waals surface area contributed by atoms with Crippen molar-refractivity contribution < 1.29 is 4.79 Å². The van der Waals surface area contributed by atoms with Gasteiger partial charge in [0.05, 0.1) is 0 Å². The molecule has 3 rings (SSSR count). The van der Waals surface area contributed by atoms with Crippen LogP contribution in [0.4, 0.5) is 11.4 Å². The fourth-order valence-electron chi connectivity index (χ4n) is 2.96. The Morgan fingerprint density at radius 2 is 1.46 bits per heavy atom. The lowest BCUT2D eigenvalue weighted by molar-refractivity contribution is -0.112. The Bertz CT molecular complexity index is 780. The Balaban J connectivity index is 1.54. The molecule has 1 aliphatic rings. The van der Waals surface area contributed by atoms with Gasteiger partial charge in [-0.2, -0.15) is 0 Å². The molecule has 26 heavy (non-hydrogen) atoms. The molecular formula is C20H21Cl2N3O. The summed E-state index contributed by atoms with van der Waals surface area (Å²) in [6.07, 6.45) is 1.65. The number of carbonyl (C=O) groups excluding carboxylic acids is 1. The minimum Gasteiger partial charge on any atom is -0.371 e. The number of benzene rings is 2. The Labute approximate surface area is 164 Å². The molecule has 1 heterocycles. The van der Waals surface area contributed by atoms with E-state index in [0.717, 1.165) is 42.6 Å². The summed E-state index contributed by atoms with van der Waals surface area (Å²) in [5.74, 6) is -0.134. The number of hydrogen-bond donors (Lipinski definition) is 1. The molecule has 0 spiro atoms. The molecule has 0 atom stereocenters. The maximum Gasteiger partial charge on any atom is 0.250 e. The normalized spacial score (nSPS) is 15.1. The molecule has 0 bridgehead atoms. The second kappa shape index (κ2) is 8.47. The summed E-state index contributed by atoms with van der Waals surface area (Å²) in [7, 11) is 0. The summed E-state index contributed by atoms with van der Waals surface area (Å²) in [6, 6.07) is 15.0. The largest absolute Gasteiger partial charge is 0.371 e. The lowest BCUT2D eigenvalue weighted by Gasteiger charge is -2.37. The van der Waals surface area contributed by atoms with Crippen molar-refractivity contribution in [3.8, 4) is 0 Å². The van der Waals surface area contributed by atoms with E-state index in [1.54, 1.807) is 30.3 Å². The summed E-state index contributed by atoms with van der Waals surface area (Å²) < 4.78 is 0. The van der Waals surface area contributed by atoms with Gasteiger partial charge in [-0.05, 0) is 55.5 Å². The van der Waals surface area contributed by atoms with Gasteiger partial charge in [-0.15, -0.1) is 0 Å². The van der Waals surface area contributed by atoms with Crippen LogP contribution in [0.2, 0.25) is 10.0 Å². The second-order valence-electron chi connectivity index (χ2n) is 6.23. The number of anilines is 2. The van der Waals surface area contributed by atoms with Crippen molar-refractivity contribution in [2.45, 2.75) is 6.92 Å². The lowest BCUT2D eigenvalue weighted by atomic mass is 10.2. The number of rotatable bonds is 4. The maximum atomic E-state index is 12.2. The SMILES string of the molecule is C/C(=C\C(=O)Nc1ccc(Cl)cc1)N1CCN(c2ccc(Cl)cc2)CC1. The van der Waals surface area contributed by atoms with Gasteiger partial charge in [0, 0.05) is 59.4 Å². The highest BCUT2D eigenvalue weighted by molar-refractivity contribution is 6.30. The molecule has 0 aromatic heterocycles. The van der Waals surface area contributed by atoms with Crippen LogP contribution < -0.4 is 10.2 Å². The third-order valence-electron chi connectivity index (χ3n) is 4.42.